The van der Waals surface area contributed by atoms with Gasteiger partial charge < -0.3 is 19.5 Å². The molecule has 1 aromatic heterocycles. The summed E-state index contributed by atoms with van der Waals surface area (Å²) in [6, 6.07) is 17.9. The lowest BCUT2D eigenvalue weighted by molar-refractivity contribution is 0.0954. The quantitative estimate of drug-likeness (QED) is 0.545. The molecule has 0 radical (unpaired) electrons. The largest absolute Gasteiger partial charge is 0.497 e. The number of carbonyl (C=O) groups excluding carboxylic acids is 1. The van der Waals surface area contributed by atoms with E-state index in [1.165, 1.54) is 5.56 Å². The minimum Gasteiger partial charge on any atom is -0.497 e. The molecule has 7 heteroatoms. The van der Waals surface area contributed by atoms with E-state index in [0.29, 0.717) is 24.4 Å². The van der Waals surface area contributed by atoms with Gasteiger partial charge in [-0.2, -0.15) is 0 Å². The molecule has 0 unspecified atom stereocenters. The maximum atomic E-state index is 12.4. The normalized spacial score (nSPS) is 14.8. The number of fused-ring (bicyclic) bond motifs is 1. The molecule has 1 atom stereocenters. The molecule has 1 amide bonds. The second kappa shape index (κ2) is 11.1. The Bertz CT molecular complexity index is 1030. The van der Waals surface area contributed by atoms with Crippen LogP contribution < -0.4 is 10.1 Å². The molecule has 2 aromatic carbocycles. The highest BCUT2D eigenvalue weighted by Crippen LogP contribution is 2.19. The van der Waals surface area contributed by atoms with Crippen LogP contribution in [0.15, 0.2) is 54.6 Å². The predicted molar refractivity (Wildman–Crippen MR) is 129 cm³/mol. The van der Waals surface area contributed by atoms with E-state index >= 15 is 0 Å². The Balaban J connectivity index is 1.25. The number of rotatable bonds is 9. The van der Waals surface area contributed by atoms with Crippen LogP contribution in [0.2, 0.25) is 0 Å². The number of hydrogen-bond donors (Lipinski definition) is 1. The van der Waals surface area contributed by atoms with Crippen molar-refractivity contribution in [1.29, 1.82) is 0 Å². The Labute approximate surface area is 195 Å². The third kappa shape index (κ3) is 5.99. The zero-order valence-electron chi connectivity index (χ0n) is 19.5. The number of ether oxygens (including phenoxy) is 1. The third-order valence-electron chi connectivity index (χ3n) is 6.43. The highest BCUT2D eigenvalue weighted by Gasteiger charge is 2.19. The molecule has 0 fully saturated rings. The van der Waals surface area contributed by atoms with E-state index in [-0.39, 0.29) is 5.91 Å². The number of amides is 1. The van der Waals surface area contributed by atoms with Crippen molar-refractivity contribution in [1.82, 2.24) is 25.0 Å². The molecule has 4 rings (SSSR count). The molecule has 174 valence electrons. The first-order valence-electron chi connectivity index (χ1n) is 11.7. The van der Waals surface area contributed by atoms with Gasteiger partial charge in [-0.1, -0.05) is 37.3 Å². The van der Waals surface area contributed by atoms with Crippen molar-refractivity contribution in [3.8, 4) is 5.75 Å². The number of benzene rings is 2. The predicted octanol–water partition coefficient (Wildman–Crippen LogP) is 3.31. The minimum atomic E-state index is -0.0908. The molecule has 0 aliphatic carbocycles. The summed E-state index contributed by atoms with van der Waals surface area (Å²) >= 11 is 0. The van der Waals surface area contributed by atoms with Gasteiger partial charge in [0.05, 0.1) is 7.11 Å². The Kier molecular flexibility index (Phi) is 7.73. The molecule has 1 N–H and O–H groups in total. The average Bonchev–Trinajstić information content (AvgIpc) is 3.13. The summed E-state index contributed by atoms with van der Waals surface area (Å²) in [7, 11) is 1.61. The highest BCUT2D eigenvalue weighted by molar-refractivity contribution is 5.94. The first-order chi connectivity index (χ1) is 16.1. The van der Waals surface area contributed by atoms with E-state index in [1.807, 2.05) is 0 Å². The number of nitrogens with zero attached hydrogens (tertiary/aromatic N) is 4. The van der Waals surface area contributed by atoms with Crippen LogP contribution in [0.4, 0.5) is 0 Å². The number of hydrogen-bond acceptors (Lipinski definition) is 5. The molecule has 33 heavy (non-hydrogen) atoms. The maximum absolute atomic E-state index is 12.4. The van der Waals surface area contributed by atoms with Crippen LogP contribution in [0.1, 0.15) is 46.8 Å². The summed E-state index contributed by atoms with van der Waals surface area (Å²) in [6.07, 6.45) is 2.72. The van der Waals surface area contributed by atoms with Crippen LogP contribution in [0.5, 0.6) is 5.75 Å². The van der Waals surface area contributed by atoms with Crippen molar-refractivity contribution in [2.75, 3.05) is 33.3 Å². The maximum Gasteiger partial charge on any atom is 0.251 e. The highest BCUT2D eigenvalue weighted by atomic mass is 16.5. The number of aromatic nitrogens is 3. The van der Waals surface area contributed by atoms with Crippen molar-refractivity contribution in [3.05, 3.63) is 77.4 Å². The first-order valence-corrected chi connectivity index (χ1v) is 11.7. The zero-order chi connectivity index (χ0) is 23.0. The molecule has 0 saturated carbocycles. The van der Waals surface area contributed by atoms with Gasteiger partial charge in [0.2, 0.25) is 0 Å². The first kappa shape index (κ1) is 23.0. The SMILES string of the molecule is COc1ccc(C(=O)NCCc2nnc3n2CCN(CC[C@@H](C)c2ccccc2)CC3)cc1. The number of carbonyl (C=O) groups is 1. The van der Waals surface area contributed by atoms with E-state index in [9.17, 15) is 4.79 Å². The van der Waals surface area contributed by atoms with Crippen molar-refractivity contribution in [3.63, 3.8) is 0 Å². The smallest absolute Gasteiger partial charge is 0.251 e. The van der Waals surface area contributed by atoms with Crippen LogP contribution in [-0.2, 0) is 19.4 Å². The third-order valence-corrected chi connectivity index (χ3v) is 6.43. The second-order valence-corrected chi connectivity index (χ2v) is 8.61. The van der Waals surface area contributed by atoms with E-state index in [1.54, 1.807) is 31.4 Å². The number of methoxy groups -OCH3 is 1. The molecule has 0 spiro atoms. The summed E-state index contributed by atoms with van der Waals surface area (Å²) < 4.78 is 7.38. The molecule has 3 aromatic rings. The van der Waals surface area contributed by atoms with Gasteiger partial charge in [0.1, 0.15) is 17.4 Å². The van der Waals surface area contributed by atoms with Gasteiger partial charge >= 0.3 is 0 Å². The Hall–Kier alpha value is -3.19. The lowest BCUT2D eigenvalue weighted by atomic mass is 9.98. The average molecular weight is 448 g/mol. The molecule has 2 heterocycles. The number of nitrogens with one attached hydrogen (secondary N) is 1. The summed E-state index contributed by atoms with van der Waals surface area (Å²) in [6.45, 7) is 6.82. The second-order valence-electron chi connectivity index (χ2n) is 8.61. The van der Waals surface area contributed by atoms with Gasteiger partial charge in [0, 0.05) is 44.6 Å². The van der Waals surface area contributed by atoms with E-state index < -0.39 is 0 Å². The van der Waals surface area contributed by atoms with Gasteiger partial charge in [-0.3, -0.25) is 4.79 Å². The summed E-state index contributed by atoms with van der Waals surface area (Å²) in [5, 5.41) is 11.8. The molecule has 0 saturated heterocycles. The van der Waals surface area contributed by atoms with Crippen LogP contribution >= 0.6 is 0 Å². The van der Waals surface area contributed by atoms with Gasteiger partial charge in [0.15, 0.2) is 0 Å². The van der Waals surface area contributed by atoms with Crippen molar-refractivity contribution in [2.24, 2.45) is 0 Å². The standard InChI is InChI=1S/C26H33N5O2/c1-20(21-6-4-3-5-7-21)13-16-30-17-14-25-29-28-24(31(25)19-18-30)12-15-27-26(32)22-8-10-23(33-2)11-9-22/h3-11,20H,12-19H2,1-2H3,(H,27,32)/t20-/m1/s1. The fourth-order valence-electron chi connectivity index (χ4n) is 4.29. The Morgan fingerprint density at radius 3 is 2.61 bits per heavy atom. The van der Waals surface area contributed by atoms with Crippen LogP contribution in [0.3, 0.4) is 0 Å². The molecule has 7 nitrogen and oxygen atoms in total. The summed E-state index contributed by atoms with van der Waals surface area (Å²) in [5.41, 5.74) is 2.03. The van der Waals surface area contributed by atoms with Gasteiger partial charge in [-0.05, 0) is 48.7 Å². The fourth-order valence-corrected chi connectivity index (χ4v) is 4.29. The monoisotopic (exact) mass is 447 g/mol. The van der Waals surface area contributed by atoms with Crippen molar-refractivity contribution < 1.29 is 9.53 Å². The topological polar surface area (TPSA) is 72.3 Å². The molecular formula is C26H33N5O2. The van der Waals surface area contributed by atoms with Gasteiger partial charge in [-0.25, -0.2) is 0 Å². The van der Waals surface area contributed by atoms with Gasteiger partial charge in [-0.15, -0.1) is 10.2 Å². The molecular weight excluding hydrogens is 414 g/mol. The van der Waals surface area contributed by atoms with E-state index in [0.717, 1.165) is 56.4 Å². The van der Waals surface area contributed by atoms with Crippen LogP contribution in [0.25, 0.3) is 0 Å². The fraction of sp³-hybridized carbons (Fsp3) is 0.423. The van der Waals surface area contributed by atoms with Crippen LogP contribution in [-0.4, -0.2) is 58.9 Å². The summed E-state index contributed by atoms with van der Waals surface area (Å²) in [5.74, 6) is 3.19. The van der Waals surface area contributed by atoms with Crippen molar-refractivity contribution >= 4 is 5.91 Å². The molecule has 1 aliphatic heterocycles. The lowest BCUT2D eigenvalue weighted by Gasteiger charge is -2.22. The van der Waals surface area contributed by atoms with E-state index in [2.05, 4.69) is 62.2 Å². The minimum absolute atomic E-state index is 0.0908. The lowest BCUT2D eigenvalue weighted by Crippen LogP contribution is -2.29. The van der Waals surface area contributed by atoms with Gasteiger partial charge in [0.25, 0.3) is 5.91 Å². The van der Waals surface area contributed by atoms with Crippen molar-refractivity contribution in [2.45, 2.75) is 38.6 Å². The Morgan fingerprint density at radius 1 is 1.06 bits per heavy atom. The van der Waals surface area contributed by atoms with Crippen LogP contribution in [0, 0.1) is 0 Å². The summed E-state index contributed by atoms with van der Waals surface area (Å²) in [4.78, 5) is 14.9. The Morgan fingerprint density at radius 2 is 1.85 bits per heavy atom. The zero-order valence-corrected chi connectivity index (χ0v) is 19.5. The molecule has 1 aliphatic rings. The van der Waals surface area contributed by atoms with E-state index in [4.69, 9.17) is 4.74 Å². The molecule has 0 bridgehead atoms.